The van der Waals surface area contributed by atoms with E-state index in [1.54, 1.807) is 0 Å². The first kappa shape index (κ1) is 25.4. The Labute approximate surface area is 163 Å². The van der Waals surface area contributed by atoms with E-state index in [-0.39, 0.29) is 5.91 Å². The minimum Gasteiger partial charge on any atom is -0.355 e. The molecular formula is C22H46N2O2. The van der Waals surface area contributed by atoms with Crippen LogP contribution in [0.5, 0.6) is 0 Å². The lowest BCUT2D eigenvalue weighted by atomic mass is 10.0. The standard InChI is InChI=1S/C22H46N2O2/c1-3-5-6-7-8-9-10-11-12-13-14-15-16-17-18-19-22(25)23-20-21-24-26-4-2/h24H,3-21H2,1-2H3,(H,23,25). The van der Waals surface area contributed by atoms with Crippen LogP contribution >= 0.6 is 0 Å². The van der Waals surface area contributed by atoms with E-state index in [0.29, 0.717) is 26.1 Å². The van der Waals surface area contributed by atoms with Crippen molar-refractivity contribution in [2.24, 2.45) is 0 Å². The maximum atomic E-state index is 11.6. The Morgan fingerprint density at radius 1 is 0.654 bits per heavy atom. The molecule has 0 aliphatic heterocycles. The van der Waals surface area contributed by atoms with Crippen LogP contribution in [-0.2, 0) is 9.63 Å². The van der Waals surface area contributed by atoms with E-state index in [4.69, 9.17) is 4.84 Å². The van der Waals surface area contributed by atoms with E-state index >= 15 is 0 Å². The van der Waals surface area contributed by atoms with Gasteiger partial charge in [-0.2, -0.15) is 0 Å². The predicted octanol–water partition coefficient (Wildman–Crippen LogP) is 5.91. The number of hydroxylamine groups is 1. The van der Waals surface area contributed by atoms with Crippen molar-refractivity contribution in [3.63, 3.8) is 0 Å². The molecule has 0 bridgehead atoms. The number of hydrogen-bond donors (Lipinski definition) is 2. The number of unbranched alkanes of at least 4 members (excludes halogenated alkanes) is 14. The Bertz CT molecular complexity index is 285. The molecule has 0 aromatic heterocycles. The fourth-order valence-corrected chi connectivity index (χ4v) is 3.17. The summed E-state index contributed by atoms with van der Waals surface area (Å²) in [5.74, 6) is 0.165. The molecule has 0 heterocycles. The van der Waals surface area contributed by atoms with Crippen molar-refractivity contribution < 1.29 is 9.63 Å². The highest BCUT2D eigenvalue weighted by molar-refractivity contribution is 5.75. The third-order valence-corrected chi connectivity index (χ3v) is 4.80. The first-order valence-corrected chi connectivity index (χ1v) is 11.4. The van der Waals surface area contributed by atoms with Crippen LogP contribution in [-0.4, -0.2) is 25.6 Å². The van der Waals surface area contributed by atoms with Crippen LogP contribution in [0.4, 0.5) is 0 Å². The molecule has 0 rings (SSSR count). The van der Waals surface area contributed by atoms with Crippen molar-refractivity contribution >= 4 is 5.91 Å². The minimum absolute atomic E-state index is 0.165. The van der Waals surface area contributed by atoms with Crippen LogP contribution in [0.1, 0.15) is 117 Å². The Morgan fingerprint density at radius 2 is 1.12 bits per heavy atom. The number of carbonyl (C=O) groups is 1. The van der Waals surface area contributed by atoms with E-state index in [1.807, 2.05) is 6.92 Å². The molecule has 0 aromatic rings. The summed E-state index contributed by atoms with van der Waals surface area (Å²) in [4.78, 5) is 16.6. The zero-order chi connectivity index (χ0) is 19.1. The van der Waals surface area contributed by atoms with Gasteiger partial charge in [-0.15, -0.1) is 0 Å². The van der Waals surface area contributed by atoms with Gasteiger partial charge in [0.05, 0.1) is 6.61 Å². The molecule has 4 heteroatoms. The van der Waals surface area contributed by atoms with E-state index in [2.05, 4.69) is 17.7 Å². The second kappa shape index (κ2) is 22.4. The first-order chi connectivity index (χ1) is 12.8. The lowest BCUT2D eigenvalue weighted by molar-refractivity contribution is -0.121. The highest BCUT2D eigenvalue weighted by atomic mass is 16.6. The normalized spacial score (nSPS) is 11.0. The molecular weight excluding hydrogens is 324 g/mol. The molecule has 0 spiro atoms. The third kappa shape index (κ3) is 21.4. The quantitative estimate of drug-likeness (QED) is 0.195. The summed E-state index contributed by atoms with van der Waals surface area (Å²) < 4.78 is 0. The molecule has 0 radical (unpaired) electrons. The van der Waals surface area contributed by atoms with Gasteiger partial charge in [0.15, 0.2) is 0 Å². The zero-order valence-electron chi connectivity index (χ0n) is 17.8. The monoisotopic (exact) mass is 370 g/mol. The summed E-state index contributed by atoms with van der Waals surface area (Å²) >= 11 is 0. The molecule has 0 atom stereocenters. The van der Waals surface area contributed by atoms with Crippen molar-refractivity contribution in [1.29, 1.82) is 0 Å². The van der Waals surface area contributed by atoms with Gasteiger partial charge in [0.1, 0.15) is 0 Å². The second-order valence-corrected chi connectivity index (χ2v) is 7.38. The SMILES string of the molecule is CCCCCCCCCCCCCCCCCC(=O)NCCNOCC. The number of nitrogens with one attached hydrogen (secondary N) is 2. The van der Waals surface area contributed by atoms with Gasteiger partial charge in [0, 0.05) is 19.5 Å². The van der Waals surface area contributed by atoms with Gasteiger partial charge in [0.25, 0.3) is 0 Å². The van der Waals surface area contributed by atoms with Crippen molar-refractivity contribution in [2.45, 2.75) is 117 Å². The van der Waals surface area contributed by atoms with E-state index < -0.39 is 0 Å². The van der Waals surface area contributed by atoms with Gasteiger partial charge in [-0.1, -0.05) is 96.8 Å². The topological polar surface area (TPSA) is 50.4 Å². The third-order valence-electron chi connectivity index (χ3n) is 4.80. The van der Waals surface area contributed by atoms with Crippen LogP contribution in [0.3, 0.4) is 0 Å². The van der Waals surface area contributed by atoms with E-state index in [0.717, 1.165) is 6.42 Å². The van der Waals surface area contributed by atoms with Crippen molar-refractivity contribution in [3.05, 3.63) is 0 Å². The first-order valence-electron chi connectivity index (χ1n) is 11.4. The lowest BCUT2D eigenvalue weighted by Crippen LogP contribution is -2.31. The molecule has 0 saturated heterocycles. The Kier molecular flexibility index (Phi) is 21.9. The lowest BCUT2D eigenvalue weighted by Gasteiger charge is -2.06. The van der Waals surface area contributed by atoms with Gasteiger partial charge in [-0.05, 0) is 13.3 Å². The average Bonchev–Trinajstić information content (AvgIpc) is 2.64. The molecule has 26 heavy (non-hydrogen) atoms. The maximum Gasteiger partial charge on any atom is 0.220 e. The number of carbonyl (C=O) groups excluding carboxylic acids is 1. The van der Waals surface area contributed by atoms with Gasteiger partial charge < -0.3 is 10.2 Å². The highest BCUT2D eigenvalue weighted by Gasteiger charge is 2.00. The molecule has 4 nitrogen and oxygen atoms in total. The number of rotatable bonds is 21. The molecule has 0 fully saturated rings. The largest absolute Gasteiger partial charge is 0.355 e. The average molecular weight is 371 g/mol. The fraction of sp³-hybridized carbons (Fsp3) is 0.955. The van der Waals surface area contributed by atoms with Crippen LogP contribution in [0, 0.1) is 0 Å². The number of amides is 1. The Balaban J connectivity index is 3.09. The van der Waals surface area contributed by atoms with Gasteiger partial charge in [0.2, 0.25) is 5.91 Å². The molecule has 0 aromatic carbocycles. The predicted molar refractivity (Wildman–Crippen MR) is 112 cm³/mol. The summed E-state index contributed by atoms with van der Waals surface area (Å²) in [5.41, 5.74) is 2.80. The number of hydrogen-bond acceptors (Lipinski definition) is 3. The molecule has 0 saturated carbocycles. The van der Waals surface area contributed by atoms with Crippen LogP contribution < -0.4 is 10.8 Å². The Hall–Kier alpha value is -0.610. The van der Waals surface area contributed by atoms with Crippen LogP contribution in [0.2, 0.25) is 0 Å². The fourth-order valence-electron chi connectivity index (χ4n) is 3.17. The van der Waals surface area contributed by atoms with E-state index in [1.165, 1.54) is 89.9 Å². The zero-order valence-corrected chi connectivity index (χ0v) is 17.8. The summed E-state index contributed by atoms with van der Waals surface area (Å²) in [6.45, 7) is 6.16. The molecule has 156 valence electrons. The summed E-state index contributed by atoms with van der Waals surface area (Å²) in [6, 6.07) is 0. The Morgan fingerprint density at radius 3 is 1.58 bits per heavy atom. The molecule has 0 unspecified atom stereocenters. The highest BCUT2D eigenvalue weighted by Crippen LogP contribution is 2.13. The molecule has 2 N–H and O–H groups in total. The molecule has 0 aliphatic carbocycles. The second-order valence-electron chi connectivity index (χ2n) is 7.38. The van der Waals surface area contributed by atoms with E-state index in [9.17, 15) is 4.79 Å². The maximum absolute atomic E-state index is 11.6. The summed E-state index contributed by atoms with van der Waals surface area (Å²) in [7, 11) is 0. The van der Waals surface area contributed by atoms with Crippen LogP contribution in [0.15, 0.2) is 0 Å². The van der Waals surface area contributed by atoms with Gasteiger partial charge >= 0.3 is 0 Å². The minimum atomic E-state index is 0.165. The smallest absolute Gasteiger partial charge is 0.220 e. The van der Waals surface area contributed by atoms with Crippen molar-refractivity contribution in [2.75, 3.05) is 19.7 Å². The van der Waals surface area contributed by atoms with Gasteiger partial charge in [-0.3, -0.25) is 4.79 Å². The summed E-state index contributed by atoms with van der Waals surface area (Å²) in [6.07, 6.45) is 21.0. The van der Waals surface area contributed by atoms with Gasteiger partial charge in [-0.25, -0.2) is 5.48 Å². The molecule has 0 aliphatic rings. The molecule has 1 amide bonds. The van der Waals surface area contributed by atoms with Crippen LogP contribution in [0.25, 0.3) is 0 Å². The summed E-state index contributed by atoms with van der Waals surface area (Å²) in [5, 5.41) is 2.91. The van der Waals surface area contributed by atoms with Crippen molar-refractivity contribution in [3.8, 4) is 0 Å². The van der Waals surface area contributed by atoms with Crippen molar-refractivity contribution in [1.82, 2.24) is 10.8 Å².